The number of nitrogens with one attached hydrogen (secondary N) is 1. The molecule has 3 aromatic carbocycles. The molecule has 4 rings (SSSR count). The molecule has 1 aliphatic heterocycles. The molecule has 1 aliphatic rings. The third kappa shape index (κ3) is 5.94. The van der Waals surface area contributed by atoms with Crippen molar-refractivity contribution in [2.75, 3.05) is 14.2 Å². The Morgan fingerprint density at radius 2 is 1.70 bits per heavy atom. The maximum Gasteiger partial charge on any atom is 0.252 e. The third-order valence-electron chi connectivity index (χ3n) is 6.46. The zero-order valence-corrected chi connectivity index (χ0v) is 21.4. The molecule has 196 valence electrons. The van der Waals surface area contributed by atoms with E-state index in [1.54, 1.807) is 39.2 Å². The van der Waals surface area contributed by atoms with Gasteiger partial charge in [0.05, 0.1) is 18.3 Å². The average molecular weight is 508 g/mol. The van der Waals surface area contributed by atoms with Gasteiger partial charge in [-0.25, -0.2) is 0 Å². The third-order valence-corrected chi connectivity index (χ3v) is 6.46. The molecule has 0 radical (unpaired) electrons. The molecule has 0 aromatic heterocycles. The van der Waals surface area contributed by atoms with E-state index in [0.29, 0.717) is 29.2 Å². The van der Waals surface area contributed by atoms with Crippen molar-refractivity contribution in [3.8, 4) is 22.6 Å². The average Bonchev–Trinajstić information content (AvgIpc) is 2.90. The molecule has 0 aliphatic carbocycles. The van der Waals surface area contributed by atoms with Crippen molar-refractivity contribution in [2.45, 2.75) is 50.6 Å². The summed E-state index contributed by atoms with van der Waals surface area (Å²) in [6.45, 7) is 3.85. The minimum atomic E-state index is -1.36. The quantitative estimate of drug-likeness (QED) is 0.428. The van der Waals surface area contributed by atoms with Crippen molar-refractivity contribution in [2.24, 2.45) is 0 Å². The second kappa shape index (κ2) is 11.3. The standard InChI is InChI=1S/C29H33NO7/c1-29(2)26(35-4)24(31)25(32)28(37-29)36-21-13-14-22(19-11-8-12-20(15-19)34-3)23(16-21)27(33)30-17-18-9-6-5-7-10-18/h5-16,24-26,28,31-32H,17H2,1-4H3,(H,30,33)/t24-,25+,26+,28-/m0/s1. The maximum atomic E-state index is 13.4. The van der Waals surface area contributed by atoms with Gasteiger partial charge in [0.1, 0.15) is 29.8 Å². The number of carbonyl (C=O) groups is 1. The molecule has 0 unspecified atom stereocenters. The molecule has 3 N–H and O–H groups in total. The molecule has 0 spiro atoms. The summed E-state index contributed by atoms with van der Waals surface area (Å²) in [6, 6.07) is 22.1. The molecule has 4 atom stereocenters. The first kappa shape index (κ1) is 26.6. The molecule has 1 heterocycles. The van der Waals surface area contributed by atoms with Crippen LogP contribution in [0.5, 0.6) is 11.5 Å². The summed E-state index contributed by atoms with van der Waals surface area (Å²) in [4.78, 5) is 13.4. The molecule has 1 fully saturated rings. The summed E-state index contributed by atoms with van der Waals surface area (Å²) >= 11 is 0. The lowest BCUT2D eigenvalue weighted by molar-refractivity contribution is -0.305. The van der Waals surface area contributed by atoms with Crippen molar-refractivity contribution in [1.29, 1.82) is 0 Å². The number of hydrogen-bond donors (Lipinski definition) is 3. The van der Waals surface area contributed by atoms with Crippen LogP contribution in [0, 0.1) is 0 Å². The summed E-state index contributed by atoms with van der Waals surface area (Å²) in [6.07, 6.45) is -4.48. The predicted molar refractivity (Wildman–Crippen MR) is 138 cm³/mol. The highest BCUT2D eigenvalue weighted by Crippen LogP contribution is 2.34. The largest absolute Gasteiger partial charge is 0.497 e. The van der Waals surface area contributed by atoms with Crippen molar-refractivity contribution in [1.82, 2.24) is 5.32 Å². The maximum absolute atomic E-state index is 13.4. The van der Waals surface area contributed by atoms with E-state index in [-0.39, 0.29) is 5.91 Å². The second-order valence-electron chi connectivity index (χ2n) is 9.45. The number of benzene rings is 3. The van der Waals surface area contributed by atoms with Crippen LogP contribution in [0.4, 0.5) is 0 Å². The van der Waals surface area contributed by atoms with Gasteiger partial charge >= 0.3 is 0 Å². The Morgan fingerprint density at radius 3 is 2.41 bits per heavy atom. The van der Waals surface area contributed by atoms with E-state index in [1.165, 1.54) is 7.11 Å². The Labute approximate surface area is 216 Å². The summed E-state index contributed by atoms with van der Waals surface area (Å²) in [5.41, 5.74) is 1.90. The van der Waals surface area contributed by atoms with Gasteiger partial charge in [-0.1, -0.05) is 42.5 Å². The molecule has 8 nitrogen and oxygen atoms in total. The van der Waals surface area contributed by atoms with Crippen LogP contribution in [0.1, 0.15) is 29.8 Å². The molecule has 3 aromatic rings. The van der Waals surface area contributed by atoms with Gasteiger partial charge in [0.25, 0.3) is 5.91 Å². The predicted octanol–water partition coefficient (Wildman–Crippen LogP) is 3.54. The van der Waals surface area contributed by atoms with Gasteiger partial charge in [0.15, 0.2) is 0 Å². The lowest BCUT2D eigenvalue weighted by Gasteiger charge is -2.46. The van der Waals surface area contributed by atoms with E-state index in [0.717, 1.165) is 11.1 Å². The van der Waals surface area contributed by atoms with Crippen LogP contribution in [-0.4, -0.2) is 60.5 Å². The van der Waals surface area contributed by atoms with Crippen LogP contribution in [0.15, 0.2) is 72.8 Å². The first-order valence-corrected chi connectivity index (χ1v) is 12.1. The number of aliphatic hydroxyl groups is 2. The van der Waals surface area contributed by atoms with Gasteiger partial charge in [-0.3, -0.25) is 4.79 Å². The first-order chi connectivity index (χ1) is 17.7. The smallest absolute Gasteiger partial charge is 0.252 e. The monoisotopic (exact) mass is 507 g/mol. The van der Waals surface area contributed by atoms with E-state index < -0.39 is 30.2 Å². The summed E-state index contributed by atoms with van der Waals surface area (Å²) < 4.78 is 22.6. The highest BCUT2D eigenvalue weighted by Gasteiger charge is 2.50. The normalized spacial score (nSPS) is 22.8. The van der Waals surface area contributed by atoms with Gasteiger partial charge in [0, 0.05) is 13.7 Å². The fourth-order valence-electron chi connectivity index (χ4n) is 4.54. The summed E-state index contributed by atoms with van der Waals surface area (Å²) in [5, 5.41) is 24.2. The molecule has 0 bridgehead atoms. The van der Waals surface area contributed by atoms with Crippen LogP contribution < -0.4 is 14.8 Å². The minimum absolute atomic E-state index is 0.294. The van der Waals surface area contributed by atoms with Crippen LogP contribution >= 0.6 is 0 Å². The van der Waals surface area contributed by atoms with Gasteiger partial charge < -0.3 is 34.5 Å². The minimum Gasteiger partial charge on any atom is -0.497 e. The number of hydrogen-bond acceptors (Lipinski definition) is 7. The molecule has 1 saturated heterocycles. The fourth-order valence-corrected chi connectivity index (χ4v) is 4.54. The highest BCUT2D eigenvalue weighted by molar-refractivity contribution is 6.01. The Kier molecular flexibility index (Phi) is 8.14. The number of methoxy groups -OCH3 is 2. The number of aliphatic hydroxyl groups excluding tert-OH is 2. The van der Waals surface area contributed by atoms with Crippen LogP contribution in [-0.2, 0) is 16.0 Å². The lowest BCUT2D eigenvalue weighted by atomic mass is 9.89. The van der Waals surface area contributed by atoms with Crippen molar-refractivity contribution >= 4 is 5.91 Å². The second-order valence-corrected chi connectivity index (χ2v) is 9.45. The van der Waals surface area contributed by atoms with E-state index in [2.05, 4.69) is 5.32 Å². The van der Waals surface area contributed by atoms with Crippen LogP contribution in [0.25, 0.3) is 11.1 Å². The highest BCUT2D eigenvalue weighted by atomic mass is 16.7. The Hall–Kier alpha value is -3.43. The molecular weight excluding hydrogens is 474 g/mol. The Balaban J connectivity index is 1.64. The molecule has 0 saturated carbocycles. The summed E-state index contributed by atoms with van der Waals surface area (Å²) in [5.74, 6) is 0.674. The van der Waals surface area contributed by atoms with Crippen molar-refractivity contribution < 1.29 is 34.0 Å². The zero-order valence-electron chi connectivity index (χ0n) is 21.4. The van der Waals surface area contributed by atoms with Crippen molar-refractivity contribution in [3.63, 3.8) is 0 Å². The number of carbonyl (C=O) groups excluding carboxylic acids is 1. The molecule has 1 amide bonds. The van der Waals surface area contributed by atoms with E-state index >= 15 is 0 Å². The van der Waals surface area contributed by atoms with Crippen LogP contribution in [0.2, 0.25) is 0 Å². The molecule has 8 heteroatoms. The van der Waals surface area contributed by atoms with Gasteiger partial charge in [0.2, 0.25) is 6.29 Å². The SMILES string of the molecule is COc1cccc(-c2ccc(O[C@H]3OC(C)(C)[C@H](OC)[C@@H](O)[C@H]3O)cc2C(=O)NCc2ccccc2)c1. The lowest BCUT2D eigenvalue weighted by Crippen LogP contribution is -2.63. The molecule has 37 heavy (non-hydrogen) atoms. The van der Waals surface area contributed by atoms with E-state index in [4.69, 9.17) is 18.9 Å². The summed E-state index contributed by atoms with van der Waals surface area (Å²) in [7, 11) is 3.04. The Bertz CT molecular complexity index is 1210. The van der Waals surface area contributed by atoms with E-state index in [9.17, 15) is 15.0 Å². The van der Waals surface area contributed by atoms with E-state index in [1.807, 2.05) is 54.6 Å². The fraction of sp³-hybridized carbons (Fsp3) is 0.345. The number of rotatable bonds is 8. The van der Waals surface area contributed by atoms with Gasteiger partial charge in [-0.15, -0.1) is 0 Å². The number of ether oxygens (including phenoxy) is 4. The topological polar surface area (TPSA) is 106 Å². The van der Waals surface area contributed by atoms with Gasteiger partial charge in [-0.05, 0) is 60.9 Å². The molecular formula is C29H33NO7. The zero-order chi connectivity index (χ0) is 26.6. The Morgan fingerprint density at radius 1 is 0.946 bits per heavy atom. The first-order valence-electron chi connectivity index (χ1n) is 12.1. The van der Waals surface area contributed by atoms with Crippen molar-refractivity contribution in [3.05, 3.63) is 83.9 Å². The number of amides is 1. The van der Waals surface area contributed by atoms with Crippen LogP contribution in [0.3, 0.4) is 0 Å². The van der Waals surface area contributed by atoms with Gasteiger partial charge in [-0.2, -0.15) is 0 Å².